The van der Waals surface area contributed by atoms with Crippen LogP contribution in [-0.4, -0.2) is 11.6 Å². The summed E-state index contributed by atoms with van der Waals surface area (Å²) in [5, 5.41) is 0. The van der Waals surface area contributed by atoms with Crippen molar-refractivity contribution in [1.29, 1.82) is 0 Å². The first-order chi connectivity index (χ1) is 16.2. The zero-order valence-electron chi connectivity index (χ0n) is 22.6. The van der Waals surface area contributed by atoms with Gasteiger partial charge in [0.25, 0.3) is 0 Å². The Labute approximate surface area is 207 Å². The molecule has 0 saturated carbocycles. The van der Waals surface area contributed by atoms with Gasteiger partial charge in [0.05, 0.1) is 6.42 Å². The maximum absolute atomic E-state index is 11.5. The molecule has 0 aliphatic heterocycles. The van der Waals surface area contributed by atoms with E-state index in [1.165, 1.54) is 142 Å². The van der Waals surface area contributed by atoms with Gasteiger partial charge in [0.15, 0.2) is 0 Å². The van der Waals surface area contributed by atoms with Crippen molar-refractivity contribution >= 4 is 11.6 Å². The van der Waals surface area contributed by atoms with Crippen LogP contribution in [0.1, 0.15) is 174 Å². The first-order valence-electron chi connectivity index (χ1n) is 14.8. The Hall–Kier alpha value is -0.920. The van der Waals surface area contributed by atoms with Crippen LogP contribution in [0.4, 0.5) is 0 Å². The summed E-state index contributed by atoms with van der Waals surface area (Å²) in [5.41, 5.74) is 0. The average Bonchev–Trinajstić information content (AvgIpc) is 2.78. The fourth-order valence-corrected chi connectivity index (χ4v) is 4.53. The highest BCUT2D eigenvalue weighted by molar-refractivity contribution is 5.97. The molecule has 194 valence electrons. The summed E-state index contributed by atoms with van der Waals surface area (Å²) >= 11 is 0. The van der Waals surface area contributed by atoms with Crippen LogP contribution >= 0.6 is 0 Å². The Bertz CT molecular complexity index is 452. The second-order valence-electron chi connectivity index (χ2n) is 10.3. The predicted molar refractivity (Wildman–Crippen MR) is 146 cm³/mol. The number of hydrogen-bond acceptors (Lipinski definition) is 2. The van der Waals surface area contributed by atoms with Crippen LogP contribution in [0.2, 0.25) is 0 Å². The molecule has 0 bridgehead atoms. The molecule has 0 saturated heterocycles. The summed E-state index contributed by atoms with van der Waals surface area (Å²) in [5.74, 6) is 0.117. The number of ketones is 2. The molecule has 2 nitrogen and oxygen atoms in total. The summed E-state index contributed by atoms with van der Waals surface area (Å²) in [7, 11) is 0. The maximum Gasteiger partial charge on any atom is 0.140 e. The number of carbonyl (C=O) groups excluding carboxylic acids is 2. The van der Waals surface area contributed by atoms with Gasteiger partial charge in [0, 0.05) is 6.42 Å². The fourth-order valence-electron chi connectivity index (χ4n) is 4.53. The first-order valence-corrected chi connectivity index (χ1v) is 14.8. The lowest BCUT2D eigenvalue weighted by Gasteiger charge is -2.03. The molecule has 0 heterocycles. The molecule has 2 heteroatoms. The van der Waals surface area contributed by atoms with E-state index in [1.807, 2.05) is 0 Å². The number of hydrogen-bond donors (Lipinski definition) is 0. The third-order valence-corrected chi connectivity index (χ3v) is 6.66. The third kappa shape index (κ3) is 29.0. The zero-order valence-corrected chi connectivity index (χ0v) is 22.6. The van der Waals surface area contributed by atoms with E-state index in [1.54, 1.807) is 0 Å². The van der Waals surface area contributed by atoms with Gasteiger partial charge in [0.2, 0.25) is 0 Å². The Kier molecular flexibility index (Phi) is 26.6. The largest absolute Gasteiger partial charge is 0.300 e. The van der Waals surface area contributed by atoms with Crippen LogP contribution in [-0.2, 0) is 9.59 Å². The lowest BCUT2D eigenvalue weighted by Crippen LogP contribution is -2.03. The molecular weight excluding hydrogens is 404 g/mol. The lowest BCUT2D eigenvalue weighted by atomic mass is 10.0. The minimum Gasteiger partial charge on any atom is -0.300 e. The number of unbranched alkanes of at least 4 members (excludes halogenated alkanes) is 21. The van der Waals surface area contributed by atoms with Crippen molar-refractivity contribution < 1.29 is 9.59 Å². The van der Waals surface area contributed by atoms with Crippen molar-refractivity contribution in [3.63, 3.8) is 0 Å². The minimum atomic E-state index is -0.00255. The van der Waals surface area contributed by atoms with E-state index in [4.69, 9.17) is 0 Å². The van der Waals surface area contributed by atoms with Crippen molar-refractivity contribution in [2.24, 2.45) is 0 Å². The smallest absolute Gasteiger partial charge is 0.140 e. The number of allylic oxidation sites excluding steroid dienone is 2. The van der Waals surface area contributed by atoms with Gasteiger partial charge in [-0.05, 0) is 39.0 Å². The summed E-state index contributed by atoms with van der Waals surface area (Å²) in [6, 6.07) is 0. The fraction of sp³-hybridized carbons (Fsp3) is 0.871. The minimum absolute atomic E-state index is 0.00255. The van der Waals surface area contributed by atoms with Gasteiger partial charge < -0.3 is 0 Å². The Morgan fingerprint density at radius 2 is 0.818 bits per heavy atom. The number of Topliss-reactive ketones (excluding diaryl/α,β-unsaturated/α-hetero) is 2. The van der Waals surface area contributed by atoms with E-state index in [0.29, 0.717) is 6.42 Å². The molecule has 0 aromatic rings. The highest BCUT2D eigenvalue weighted by Gasteiger charge is 2.04. The monoisotopic (exact) mass is 462 g/mol. The molecule has 0 amide bonds. The van der Waals surface area contributed by atoms with Gasteiger partial charge in [-0.2, -0.15) is 0 Å². The van der Waals surface area contributed by atoms with E-state index >= 15 is 0 Å². The van der Waals surface area contributed by atoms with Crippen LogP contribution in [0.15, 0.2) is 12.2 Å². The van der Waals surface area contributed by atoms with Gasteiger partial charge in [-0.1, -0.05) is 135 Å². The van der Waals surface area contributed by atoms with Gasteiger partial charge >= 0.3 is 0 Å². The topological polar surface area (TPSA) is 34.1 Å². The molecule has 0 unspecified atom stereocenters. The summed E-state index contributed by atoms with van der Waals surface area (Å²) < 4.78 is 0. The summed E-state index contributed by atoms with van der Waals surface area (Å²) in [4.78, 5) is 22.3. The van der Waals surface area contributed by atoms with Gasteiger partial charge in [0.1, 0.15) is 11.6 Å². The molecule has 0 fully saturated rings. The van der Waals surface area contributed by atoms with Crippen molar-refractivity contribution in [2.45, 2.75) is 174 Å². The van der Waals surface area contributed by atoms with Gasteiger partial charge in [-0.25, -0.2) is 0 Å². The van der Waals surface area contributed by atoms with Crippen molar-refractivity contribution in [2.75, 3.05) is 0 Å². The van der Waals surface area contributed by atoms with E-state index in [-0.39, 0.29) is 18.0 Å². The highest BCUT2D eigenvalue weighted by atomic mass is 16.1. The molecule has 0 aliphatic rings. The molecule has 0 aromatic carbocycles. The lowest BCUT2D eigenvalue weighted by molar-refractivity contribution is -0.125. The highest BCUT2D eigenvalue weighted by Crippen LogP contribution is 2.14. The van der Waals surface area contributed by atoms with E-state index < -0.39 is 0 Å². The van der Waals surface area contributed by atoms with E-state index in [2.05, 4.69) is 19.1 Å². The molecule has 0 spiro atoms. The summed E-state index contributed by atoms with van der Waals surface area (Å²) in [6.45, 7) is 3.78. The Morgan fingerprint density at radius 1 is 0.485 bits per heavy atom. The Balaban J connectivity index is 3.12. The van der Waals surface area contributed by atoms with Crippen molar-refractivity contribution in [3.8, 4) is 0 Å². The number of carbonyl (C=O) groups is 2. The molecule has 0 N–H and O–H groups in total. The van der Waals surface area contributed by atoms with E-state index in [9.17, 15) is 9.59 Å². The van der Waals surface area contributed by atoms with E-state index in [0.717, 1.165) is 12.8 Å². The molecule has 0 aromatic heterocycles. The van der Waals surface area contributed by atoms with Crippen LogP contribution in [0, 0.1) is 0 Å². The Morgan fingerprint density at radius 3 is 1.18 bits per heavy atom. The van der Waals surface area contributed by atoms with Crippen LogP contribution < -0.4 is 0 Å². The second kappa shape index (κ2) is 27.3. The van der Waals surface area contributed by atoms with Crippen molar-refractivity contribution in [3.05, 3.63) is 12.2 Å². The normalized spacial score (nSPS) is 11.5. The van der Waals surface area contributed by atoms with Crippen LogP contribution in [0.3, 0.4) is 0 Å². The predicted octanol–water partition coefficient (Wildman–Crippen LogP) is 10.5. The quantitative estimate of drug-likeness (QED) is 0.0691. The first kappa shape index (κ1) is 32.1. The standard InChI is InChI=1S/C31H58O2/c1-3-4-5-6-7-8-9-10-11-12-13-14-15-16-17-18-19-20-21-22-23-24-25-26-27-28-31(33)29-30(2)32/h10-11H,3-9,12-29H2,1-2H3/b11-10+. The zero-order chi connectivity index (χ0) is 24.2. The van der Waals surface area contributed by atoms with Gasteiger partial charge in [-0.3, -0.25) is 9.59 Å². The molecular formula is C31H58O2. The summed E-state index contributed by atoms with van der Waals surface area (Å²) in [6.07, 6.45) is 36.6. The molecule has 33 heavy (non-hydrogen) atoms. The van der Waals surface area contributed by atoms with Crippen LogP contribution in [0.5, 0.6) is 0 Å². The third-order valence-electron chi connectivity index (χ3n) is 6.66. The molecule has 0 radical (unpaired) electrons. The molecule has 0 aliphatic carbocycles. The van der Waals surface area contributed by atoms with Gasteiger partial charge in [-0.15, -0.1) is 0 Å². The maximum atomic E-state index is 11.5. The van der Waals surface area contributed by atoms with Crippen molar-refractivity contribution in [1.82, 2.24) is 0 Å². The number of rotatable bonds is 27. The average molecular weight is 463 g/mol. The SMILES string of the molecule is CCCCCCCC/C=C/CCCCCCCCCCCCCCCCCC(=O)CC(C)=O. The second-order valence-corrected chi connectivity index (χ2v) is 10.3. The molecule has 0 rings (SSSR count). The molecule has 0 atom stereocenters. The van der Waals surface area contributed by atoms with Crippen LogP contribution in [0.25, 0.3) is 0 Å².